The Bertz CT molecular complexity index is 580. The van der Waals surface area contributed by atoms with Gasteiger partial charge in [0.25, 0.3) is 5.91 Å². The predicted octanol–water partition coefficient (Wildman–Crippen LogP) is 4.04. The van der Waals surface area contributed by atoms with E-state index in [0.29, 0.717) is 5.56 Å². The van der Waals surface area contributed by atoms with Crippen molar-refractivity contribution in [3.05, 3.63) is 65.5 Å². The lowest BCUT2D eigenvalue weighted by molar-refractivity contribution is 0.0940. The molecule has 0 aliphatic carbocycles. The van der Waals surface area contributed by atoms with Gasteiger partial charge >= 0.3 is 0 Å². The molecule has 0 saturated carbocycles. The Morgan fingerprint density at radius 1 is 1.10 bits per heavy atom. The van der Waals surface area contributed by atoms with E-state index in [4.69, 9.17) is 0 Å². The summed E-state index contributed by atoms with van der Waals surface area (Å²) in [6.07, 6.45) is 1.99. The summed E-state index contributed by atoms with van der Waals surface area (Å²) in [6, 6.07) is 13.4. The minimum Gasteiger partial charge on any atom is -0.346 e. The highest BCUT2D eigenvalue weighted by atomic mass is 32.2. The van der Waals surface area contributed by atoms with Gasteiger partial charge in [-0.3, -0.25) is 4.79 Å². The van der Waals surface area contributed by atoms with E-state index >= 15 is 0 Å². The summed E-state index contributed by atoms with van der Waals surface area (Å²) in [6.45, 7) is 1.88. The fourth-order valence-electron chi connectivity index (χ4n) is 1.86. The molecular formula is C16H16FNOS. The molecule has 1 N–H and O–H groups in total. The van der Waals surface area contributed by atoms with E-state index in [9.17, 15) is 9.18 Å². The second kappa shape index (κ2) is 6.57. The fraction of sp³-hybridized carbons (Fsp3) is 0.188. The summed E-state index contributed by atoms with van der Waals surface area (Å²) < 4.78 is 12.9. The lowest BCUT2D eigenvalue weighted by Gasteiger charge is -2.14. The third-order valence-corrected chi connectivity index (χ3v) is 3.81. The molecule has 1 atom stereocenters. The van der Waals surface area contributed by atoms with Crippen LogP contribution in [0.1, 0.15) is 28.9 Å². The fourth-order valence-corrected chi connectivity index (χ4v) is 2.27. The lowest BCUT2D eigenvalue weighted by Crippen LogP contribution is -2.26. The van der Waals surface area contributed by atoms with E-state index in [2.05, 4.69) is 5.32 Å². The average molecular weight is 289 g/mol. The standard InChI is InChI=1S/C16H16FNOS/c1-11(12-3-7-14(17)8-4-12)18-16(19)13-5-9-15(20-2)10-6-13/h3-11H,1-2H3,(H,18,19)/t11-/m1/s1. The van der Waals surface area contributed by atoms with Gasteiger partial charge in [0.15, 0.2) is 0 Å². The van der Waals surface area contributed by atoms with E-state index in [1.54, 1.807) is 36.0 Å². The molecule has 0 saturated heterocycles. The normalized spacial score (nSPS) is 11.9. The minimum absolute atomic E-state index is 0.130. The van der Waals surface area contributed by atoms with Gasteiger partial charge in [0.1, 0.15) is 5.82 Å². The number of carbonyl (C=O) groups excluding carboxylic acids is 1. The van der Waals surface area contributed by atoms with Crippen molar-refractivity contribution in [2.75, 3.05) is 6.26 Å². The van der Waals surface area contributed by atoms with Gasteiger partial charge < -0.3 is 5.32 Å². The molecular weight excluding hydrogens is 273 g/mol. The van der Waals surface area contributed by atoms with Gasteiger partial charge in [0, 0.05) is 10.5 Å². The molecule has 0 radical (unpaired) electrons. The highest BCUT2D eigenvalue weighted by Gasteiger charge is 2.11. The summed E-state index contributed by atoms with van der Waals surface area (Å²) in [5.41, 5.74) is 1.50. The number of hydrogen-bond acceptors (Lipinski definition) is 2. The van der Waals surface area contributed by atoms with Crippen LogP contribution in [-0.4, -0.2) is 12.2 Å². The molecule has 0 spiro atoms. The smallest absolute Gasteiger partial charge is 0.251 e. The SMILES string of the molecule is CSc1ccc(C(=O)N[C@H](C)c2ccc(F)cc2)cc1. The first kappa shape index (κ1) is 14.6. The van der Waals surface area contributed by atoms with E-state index in [1.807, 2.05) is 25.3 Å². The van der Waals surface area contributed by atoms with Crippen molar-refractivity contribution in [1.82, 2.24) is 5.32 Å². The molecule has 2 nitrogen and oxygen atoms in total. The Labute approximate surface area is 122 Å². The van der Waals surface area contributed by atoms with Crippen molar-refractivity contribution in [3.8, 4) is 0 Å². The maximum Gasteiger partial charge on any atom is 0.251 e. The highest BCUT2D eigenvalue weighted by molar-refractivity contribution is 7.98. The molecule has 4 heteroatoms. The number of benzene rings is 2. The van der Waals surface area contributed by atoms with Crippen LogP contribution in [0, 0.1) is 5.82 Å². The first-order valence-corrected chi connectivity index (χ1v) is 7.53. The Morgan fingerprint density at radius 2 is 1.70 bits per heavy atom. The van der Waals surface area contributed by atoms with Crippen LogP contribution in [0.2, 0.25) is 0 Å². The second-order valence-corrected chi connectivity index (χ2v) is 5.35. The van der Waals surface area contributed by atoms with Crippen LogP contribution in [0.5, 0.6) is 0 Å². The zero-order valence-corrected chi connectivity index (χ0v) is 12.2. The van der Waals surface area contributed by atoms with Crippen molar-refractivity contribution >= 4 is 17.7 Å². The Hall–Kier alpha value is -1.81. The maximum absolute atomic E-state index is 12.9. The molecule has 1 amide bonds. The number of hydrogen-bond donors (Lipinski definition) is 1. The summed E-state index contributed by atoms with van der Waals surface area (Å²) in [4.78, 5) is 13.2. The molecule has 20 heavy (non-hydrogen) atoms. The number of nitrogens with one attached hydrogen (secondary N) is 1. The quantitative estimate of drug-likeness (QED) is 0.861. The summed E-state index contributed by atoms with van der Waals surface area (Å²) >= 11 is 1.63. The first-order valence-electron chi connectivity index (χ1n) is 6.30. The van der Waals surface area contributed by atoms with Gasteiger partial charge in [0.2, 0.25) is 0 Å². The summed E-state index contributed by atoms with van der Waals surface area (Å²) in [7, 11) is 0. The lowest BCUT2D eigenvalue weighted by atomic mass is 10.1. The zero-order valence-electron chi connectivity index (χ0n) is 11.4. The van der Waals surface area contributed by atoms with Gasteiger partial charge in [-0.2, -0.15) is 0 Å². The molecule has 0 unspecified atom stereocenters. The van der Waals surface area contributed by atoms with E-state index in [-0.39, 0.29) is 17.8 Å². The Kier molecular flexibility index (Phi) is 4.79. The molecule has 0 bridgehead atoms. The van der Waals surface area contributed by atoms with Crippen LogP contribution < -0.4 is 5.32 Å². The Morgan fingerprint density at radius 3 is 2.25 bits per heavy atom. The monoisotopic (exact) mass is 289 g/mol. The van der Waals surface area contributed by atoms with Gasteiger partial charge in [-0.25, -0.2) is 4.39 Å². The van der Waals surface area contributed by atoms with E-state index in [1.165, 1.54) is 12.1 Å². The number of halogens is 1. The van der Waals surface area contributed by atoms with Crippen LogP contribution in [0.4, 0.5) is 4.39 Å². The highest BCUT2D eigenvalue weighted by Crippen LogP contribution is 2.17. The first-order chi connectivity index (χ1) is 9.60. The summed E-state index contributed by atoms with van der Waals surface area (Å²) in [5, 5.41) is 2.90. The topological polar surface area (TPSA) is 29.1 Å². The predicted molar refractivity (Wildman–Crippen MR) is 80.5 cm³/mol. The molecule has 0 aliphatic rings. The Balaban J connectivity index is 2.04. The van der Waals surface area contributed by atoms with Crippen molar-refractivity contribution in [2.24, 2.45) is 0 Å². The zero-order chi connectivity index (χ0) is 14.5. The molecule has 0 fully saturated rings. The van der Waals surface area contributed by atoms with E-state index in [0.717, 1.165) is 10.5 Å². The average Bonchev–Trinajstić information content (AvgIpc) is 2.48. The van der Waals surface area contributed by atoms with Gasteiger partial charge in [0.05, 0.1) is 6.04 Å². The van der Waals surface area contributed by atoms with Crippen LogP contribution in [0.25, 0.3) is 0 Å². The minimum atomic E-state index is -0.278. The number of carbonyl (C=O) groups is 1. The van der Waals surface area contributed by atoms with Crippen molar-refractivity contribution in [3.63, 3.8) is 0 Å². The van der Waals surface area contributed by atoms with E-state index < -0.39 is 0 Å². The molecule has 2 rings (SSSR count). The number of amides is 1. The summed E-state index contributed by atoms with van der Waals surface area (Å²) in [5.74, 6) is -0.408. The number of rotatable bonds is 4. The van der Waals surface area contributed by atoms with Crippen LogP contribution in [0.15, 0.2) is 53.4 Å². The van der Waals surface area contributed by atoms with Crippen LogP contribution >= 0.6 is 11.8 Å². The molecule has 0 heterocycles. The molecule has 0 aromatic heterocycles. The van der Waals surface area contributed by atoms with Crippen molar-refractivity contribution in [1.29, 1.82) is 0 Å². The van der Waals surface area contributed by atoms with Gasteiger partial charge in [-0.05, 0) is 55.1 Å². The van der Waals surface area contributed by atoms with Crippen LogP contribution in [-0.2, 0) is 0 Å². The molecule has 2 aromatic rings. The molecule has 0 aliphatic heterocycles. The number of thioether (sulfide) groups is 1. The third kappa shape index (κ3) is 3.61. The van der Waals surface area contributed by atoms with Crippen LogP contribution in [0.3, 0.4) is 0 Å². The molecule has 2 aromatic carbocycles. The van der Waals surface area contributed by atoms with Gasteiger partial charge in [-0.1, -0.05) is 12.1 Å². The van der Waals surface area contributed by atoms with Gasteiger partial charge in [-0.15, -0.1) is 11.8 Å². The maximum atomic E-state index is 12.9. The van der Waals surface area contributed by atoms with Crippen molar-refractivity contribution in [2.45, 2.75) is 17.9 Å². The molecule has 104 valence electrons. The second-order valence-electron chi connectivity index (χ2n) is 4.48. The third-order valence-electron chi connectivity index (χ3n) is 3.07. The van der Waals surface area contributed by atoms with Crippen molar-refractivity contribution < 1.29 is 9.18 Å². The largest absolute Gasteiger partial charge is 0.346 e.